The molecule has 1 heterocycles. The van der Waals surface area contributed by atoms with Crippen LogP contribution in [0.15, 0.2) is 4.52 Å². The van der Waals surface area contributed by atoms with Crippen molar-refractivity contribution in [1.29, 1.82) is 0 Å². The molecule has 0 saturated heterocycles. The molecule has 4 unspecified atom stereocenters. The van der Waals surface area contributed by atoms with Crippen LogP contribution in [-0.4, -0.2) is 16.7 Å². The van der Waals surface area contributed by atoms with E-state index in [0.717, 1.165) is 35.9 Å². The molecule has 4 heteroatoms. The molecule has 0 amide bonds. The Balaban J connectivity index is 1.63. The molecule has 2 aliphatic carbocycles. The minimum absolute atomic E-state index is 0.201. The molecule has 1 aromatic heterocycles. The molecule has 2 saturated carbocycles. The predicted molar refractivity (Wildman–Crippen MR) is 64.4 cm³/mol. The van der Waals surface area contributed by atoms with E-state index in [1.807, 2.05) is 6.92 Å². The van der Waals surface area contributed by atoms with E-state index in [2.05, 4.69) is 10.1 Å². The Morgan fingerprint density at radius 1 is 1.41 bits per heavy atom. The molecule has 3 rings (SSSR count). The third-order valence-electron chi connectivity index (χ3n) is 4.60. The van der Waals surface area contributed by atoms with Crippen LogP contribution >= 0.6 is 0 Å². The van der Waals surface area contributed by atoms with Crippen LogP contribution in [0.2, 0.25) is 0 Å². The molecule has 4 atom stereocenters. The van der Waals surface area contributed by atoms with Crippen LogP contribution < -0.4 is 5.73 Å². The maximum Gasteiger partial charge on any atom is 0.226 e. The van der Waals surface area contributed by atoms with E-state index in [0.29, 0.717) is 6.54 Å². The monoisotopic (exact) mass is 235 g/mol. The molecule has 2 fully saturated rings. The lowest BCUT2D eigenvalue weighted by Gasteiger charge is -2.19. The molecule has 0 aliphatic heterocycles. The molecule has 2 aliphatic rings. The fourth-order valence-electron chi connectivity index (χ4n) is 3.51. The average molecular weight is 235 g/mol. The number of hydrogen-bond acceptors (Lipinski definition) is 4. The summed E-state index contributed by atoms with van der Waals surface area (Å²) in [4.78, 5) is 4.47. The molecular formula is C13H21N3O. The van der Waals surface area contributed by atoms with Gasteiger partial charge in [0.2, 0.25) is 5.89 Å². The summed E-state index contributed by atoms with van der Waals surface area (Å²) >= 11 is 0. The summed E-state index contributed by atoms with van der Waals surface area (Å²) in [5, 5.41) is 4.02. The molecule has 4 nitrogen and oxygen atoms in total. The van der Waals surface area contributed by atoms with E-state index in [4.69, 9.17) is 10.3 Å². The smallest absolute Gasteiger partial charge is 0.226 e. The molecule has 17 heavy (non-hydrogen) atoms. The van der Waals surface area contributed by atoms with Crippen LogP contribution in [-0.2, 0) is 6.42 Å². The van der Waals surface area contributed by atoms with Gasteiger partial charge in [-0.2, -0.15) is 4.98 Å². The van der Waals surface area contributed by atoms with E-state index < -0.39 is 0 Å². The van der Waals surface area contributed by atoms with E-state index in [1.54, 1.807) is 0 Å². The van der Waals surface area contributed by atoms with E-state index in [9.17, 15) is 0 Å². The van der Waals surface area contributed by atoms with Gasteiger partial charge in [-0.15, -0.1) is 0 Å². The van der Waals surface area contributed by atoms with Crippen LogP contribution in [0, 0.1) is 17.8 Å². The van der Waals surface area contributed by atoms with Crippen molar-refractivity contribution in [2.24, 2.45) is 23.5 Å². The van der Waals surface area contributed by atoms with Gasteiger partial charge in [-0.3, -0.25) is 0 Å². The van der Waals surface area contributed by atoms with Crippen molar-refractivity contribution in [2.45, 2.75) is 44.9 Å². The quantitative estimate of drug-likeness (QED) is 0.868. The Labute approximate surface area is 102 Å². The second-order valence-electron chi connectivity index (χ2n) is 5.82. The number of rotatable bonds is 4. The van der Waals surface area contributed by atoms with Crippen molar-refractivity contribution in [3.8, 4) is 0 Å². The van der Waals surface area contributed by atoms with Gasteiger partial charge >= 0.3 is 0 Å². The topological polar surface area (TPSA) is 64.9 Å². The van der Waals surface area contributed by atoms with Gasteiger partial charge in [0.1, 0.15) is 0 Å². The largest absolute Gasteiger partial charge is 0.339 e. The van der Waals surface area contributed by atoms with Gasteiger partial charge in [0.05, 0.1) is 0 Å². The zero-order valence-corrected chi connectivity index (χ0v) is 10.4. The maximum atomic E-state index is 5.60. The van der Waals surface area contributed by atoms with Crippen LogP contribution in [0.3, 0.4) is 0 Å². The van der Waals surface area contributed by atoms with Gasteiger partial charge in [0, 0.05) is 18.9 Å². The maximum absolute atomic E-state index is 5.60. The molecule has 94 valence electrons. The highest BCUT2D eigenvalue weighted by molar-refractivity contribution is 4.98. The standard InChI is InChI=1S/C13H21N3O/c1-8(7-14)13-15-12(17-16-13)6-11-5-9-2-3-10(11)4-9/h8-11H,2-7,14H2,1H3. The Hall–Kier alpha value is -0.900. The van der Waals surface area contributed by atoms with Crippen molar-refractivity contribution < 1.29 is 4.52 Å². The Kier molecular flexibility index (Phi) is 2.90. The number of nitrogens with two attached hydrogens (primary N) is 1. The molecule has 2 bridgehead atoms. The van der Waals surface area contributed by atoms with Crippen molar-refractivity contribution in [1.82, 2.24) is 10.1 Å². The lowest BCUT2D eigenvalue weighted by Crippen LogP contribution is -2.13. The third-order valence-corrected chi connectivity index (χ3v) is 4.60. The highest BCUT2D eigenvalue weighted by Gasteiger charge is 2.40. The van der Waals surface area contributed by atoms with Gasteiger partial charge < -0.3 is 10.3 Å². The Morgan fingerprint density at radius 3 is 2.94 bits per heavy atom. The lowest BCUT2D eigenvalue weighted by atomic mass is 9.86. The first-order chi connectivity index (χ1) is 8.26. The summed E-state index contributed by atoms with van der Waals surface area (Å²) in [6.45, 7) is 2.61. The normalized spacial score (nSPS) is 33.2. The SMILES string of the molecule is CC(CN)c1noc(CC2CC3CCC2C3)n1. The minimum atomic E-state index is 0.201. The zero-order chi connectivity index (χ0) is 11.8. The van der Waals surface area contributed by atoms with Crippen molar-refractivity contribution in [3.05, 3.63) is 11.7 Å². The molecule has 2 N–H and O–H groups in total. The van der Waals surface area contributed by atoms with Crippen LogP contribution in [0.1, 0.15) is 50.2 Å². The first kappa shape index (κ1) is 11.2. The lowest BCUT2D eigenvalue weighted by molar-refractivity contribution is 0.287. The summed E-state index contributed by atoms with van der Waals surface area (Å²) in [5.41, 5.74) is 5.60. The van der Waals surface area contributed by atoms with Crippen LogP contribution in [0.25, 0.3) is 0 Å². The zero-order valence-electron chi connectivity index (χ0n) is 10.4. The molecule has 0 radical (unpaired) electrons. The summed E-state index contributed by atoms with van der Waals surface area (Å²) in [5.74, 6) is 4.48. The number of hydrogen-bond donors (Lipinski definition) is 1. The Morgan fingerprint density at radius 2 is 2.29 bits per heavy atom. The summed E-state index contributed by atoms with van der Waals surface area (Å²) in [6, 6.07) is 0. The molecule has 0 aromatic carbocycles. The van der Waals surface area contributed by atoms with Gasteiger partial charge in [-0.25, -0.2) is 0 Å². The van der Waals surface area contributed by atoms with E-state index in [-0.39, 0.29) is 5.92 Å². The number of aromatic nitrogens is 2. The number of nitrogens with zero attached hydrogens (tertiary/aromatic N) is 2. The van der Waals surface area contributed by atoms with Crippen molar-refractivity contribution >= 4 is 0 Å². The highest BCUT2D eigenvalue weighted by atomic mass is 16.5. The van der Waals surface area contributed by atoms with E-state index in [1.165, 1.54) is 25.7 Å². The predicted octanol–water partition coefficient (Wildman–Crippen LogP) is 2.11. The Bertz CT molecular complexity index is 390. The molecule has 0 spiro atoms. The first-order valence-corrected chi connectivity index (χ1v) is 6.78. The fourth-order valence-corrected chi connectivity index (χ4v) is 3.51. The highest BCUT2D eigenvalue weighted by Crippen LogP contribution is 2.49. The van der Waals surface area contributed by atoms with Gasteiger partial charge in [-0.1, -0.05) is 18.5 Å². The summed E-state index contributed by atoms with van der Waals surface area (Å²) in [6.07, 6.45) is 6.64. The third kappa shape index (κ3) is 2.10. The average Bonchev–Trinajstić information content (AvgIpc) is 3.03. The molecule has 1 aromatic rings. The second-order valence-corrected chi connectivity index (χ2v) is 5.82. The van der Waals surface area contributed by atoms with Gasteiger partial charge in [0.15, 0.2) is 5.82 Å². The van der Waals surface area contributed by atoms with Crippen LogP contribution in [0.4, 0.5) is 0 Å². The van der Waals surface area contributed by atoms with Gasteiger partial charge in [-0.05, 0) is 37.0 Å². The van der Waals surface area contributed by atoms with Gasteiger partial charge in [0.25, 0.3) is 0 Å². The first-order valence-electron chi connectivity index (χ1n) is 6.78. The molecular weight excluding hydrogens is 214 g/mol. The van der Waals surface area contributed by atoms with Crippen LogP contribution in [0.5, 0.6) is 0 Å². The van der Waals surface area contributed by atoms with E-state index >= 15 is 0 Å². The summed E-state index contributed by atoms with van der Waals surface area (Å²) in [7, 11) is 0. The fraction of sp³-hybridized carbons (Fsp3) is 0.846. The van der Waals surface area contributed by atoms with Crippen molar-refractivity contribution in [3.63, 3.8) is 0 Å². The second kappa shape index (κ2) is 4.41. The van der Waals surface area contributed by atoms with Crippen molar-refractivity contribution in [2.75, 3.05) is 6.54 Å². The summed E-state index contributed by atoms with van der Waals surface area (Å²) < 4.78 is 5.34. The number of fused-ring (bicyclic) bond motifs is 2. The minimum Gasteiger partial charge on any atom is -0.339 e.